The highest BCUT2D eigenvalue weighted by molar-refractivity contribution is 5.76. The standard InChI is InChI=1S/C29H33N3O4/c1-22(27(33)11-9-23-6-5-13-31-21-23)36-29-25(24-7-3-2-4-8-24)10-12-28(26(29)20-30)35-19-16-32-14-17-34-18-15-32/h2-8,10,12-13,21-22,27,33H,9,11,14-19H2,1H3. The van der Waals surface area contributed by atoms with Gasteiger partial charge in [-0.05, 0) is 49.1 Å². The van der Waals surface area contributed by atoms with Crippen LogP contribution in [-0.2, 0) is 11.2 Å². The molecule has 0 saturated carbocycles. The second-order valence-corrected chi connectivity index (χ2v) is 8.89. The lowest BCUT2D eigenvalue weighted by Gasteiger charge is -2.27. The monoisotopic (exact) mass is 487 g/mol. The van der Waals surface area contributed by atoms with E-state index in [2.05, 4.69) is 16.0 Å². The first kappa shape index (κ1) is 25.6. The van der Waals surface area contributed by atoms with Gasteiger partial charge in [-0.1, -0.05) is 36.4 Å². The van der Waals surface area contributed by atoms with Crippen LogP contribution in [0.5, 0.6) is 11.5 Å². The van der Waals surface area contributed by atoms with E-state index in [1.807, 2.05) is 61.5 Å². The van der Waals surface area contributed by atoms with Crippen molar-refractivity contribution in [2.24, 2.45) is 0 Å². The van der Waals surface area contributed by atoms with Crippen molar-refractivity contribution in [2.45, 2.75) is 32.0 Å². The molecule has 2 atom stereocenters. The molecule has 0 aliphatic carbocycles. The Morgan fingerprint density at radius 2 is 1.92 bits per heavy atom. The molecule has 1 fully saturated rings. The molecule has 0 bridgehead atoms. The molecule has 2 heterocycles. The Kier molecular flexibility index (Phi) is 9.28. The van der Waals surface area contributed by atoms with Crippen molar-refractivity contribution >= 4 is 0 Å². The van der Waals surface area contributed by atoms with E-state index in [4.69, 9.17) is 14.2 Å². The summed E-state index contributed by atoms with van der Waals surface area (Å²) in [4.78, 5) is 6.42. The number of hydrogen-bond donors (Lipinski definition) is 1. The molecule has 4 rings (SSSR count). The van der Waals surface area contributed by atoms with Crippen LogP contribution in [0.2, 0.25) is 0 Å². The Labute approximate surface area is 212 Å². The molecule has 1 saturated heterocycles. The van der Waals surface area contributed by atoms with Gasteiger partial charge in [0, 0.05) is 37.6 Å². The Balaban J connectivity index is 1.52. The Bertz CT molecular complexity index is 1130. The first-order valence-corrected chi connectivity index (χ1v) is 12.4. The number of hydrogen-bond acceptors (Lipinski definition) is 7. The fraction of sp³-hybridized carbons (Fsp3) is 0.379. The lowest BCUT2D eigenvalue weighted by Crippen LogP contribution is -2.38. The third kappa shape index (κ3) is 6.82. The molecule has 1 N–H and O–H groups in total. The molecule has 1 aliphatic heterocycles. The second kappa shape index (κ2) is 13.0. The molecular weight excluding hydrogens is 454 g/mol. The fourth-order valence-electron chi connectivity index (χ4n) is 4.23. The Morgan fingerprint density at radius 3 is 2.64 bits per heavy atom. The molecule has 36 heavy (non-hydrogen) atoms. The van der Waals surface area contributed by atoms with Crippen LogP contribution in [0, 0.1) is 11.3 Å². The number of rotatable bonds is 11. The summed E-state index contributed by atoms with van der Waals surface area (Å²) in [6.45, 7) is 6.27. The molecule has 3 aromatic rings. The molecule has 188 valence electrons. The quantitative estimate of drug-likeness (QED) is 0.436. The molecule has 2 aromatic carbocycles. The molecule has 0 amide bonds. The zero-order valence-electron chi connectivity index (χ0n) is 20.7. The van der Waals surface area contributed by atoms with Gasteiger partial charge in [-0.25, -0.2) is 0 Å². The SMILES string of the molecule is CC(Oc1c(-c2ccccc2)ccc(OCCN2CCOCC2)c1C#N)C(O)CCc1cccnc1. The summed E-state index contributed by atoms with van der Waals surface area (Å²) in [5.74, 6) is 0.915. The highest BCUT2D eigenvalue weighted by atomic mass is 16.5. The van der Waals surface area contributed by atoms with Crippen molar-refractivity contribution in [3.63, 3.8) is 0 Å². The van der Waals surface area contributed by atoms with Crippen LogP contribution in [0.1, 0.15) is 24.5 Å². The average Bonchev–Trinajstić information content (AvgIpc) is 2.93. The van der Waals surface area contributed by atoms with Crippen molar-refractivity contribution in [1.29, 1.82) is 5.26 Å². The number of ether oxygens (including phenoxy) is 3. The van der Waals surface area contributed by atoms with E-state index in [-0.39, 0.29) is 0 Å². The molecule has 1 aliphatic rings. The van der Waals surface area contributed by atoms with Crippen LogP contribution in [0.15, 0.2) is 67.0 Å². The maximum atomic E-state index is 10.8. The normalized spacial score (nSPS) is 15.6. The second-order valence-electron chi connectivity index (χ2n) is 8.89. The van der Waals surface area contributed by atoms with E-state index in [0.29, 0.717) is 36.5 Å². The molecule has 1 aromatic heterocycles. The smallest absolute Gasteiger partial charge is 0.149 e. The largest absolute Gasteiger partial charge is 0.491 e. The fourth-order valence-corrected chi connectivity index (χ4v) is 4.23. The van der Waals surface area contributed by atoms with Crippen LogP contribution < -0.4 is 9.47 Å². The molecule has 7 nitrogen and oxygen atoms in total. The number of benzene rings is 2. The molecule has 2 unspecified atom stereocenters. The summed E-state index contributed by atoms with van der Waals surface area (Å²) in [6, 6.07) is 19.7. The number of aliphatic hydroxyl groups excluding tert-OH is 1. The summed E-state index contributed by atoms with van der Waals surface area (Å²) < 4.78 is 17.8. The summed E-state index contributed by atoms with van der Waals surface area (Å²) >= 11 is 0. The maximum absolute atomic E-state index is 10.8. The minimum Gasteiger partial charge on any atom is -0.491 e. The summed E-state index contributed by atoms with van der Waals surface area (Å²) in [5.41, 5.74) is 3.12. The van der Waals surface area contributed by atoms with E-state index in [0.717, 1.165) is 49.5 Å². The Hall–Kier alpha value is -3.44. The molecule has 0 spiro atoms. The highest BCUT2D eigenvalue weighted by Crippen LogP contribution is 2.39. The molecule has 7 heteroatoms. The summed E-state index contributed by atoms with van der Waals surface area (Å²) in [5, 5.41) is 21.0. The van der Waals surface area contributed by atoms with Crippen LogP contribution in [-0.4, -0.2) is 66.7 Å². The first-order valence-electron chi connectivity index (χ1n) is 12.4. The minimum absolute atomic E-state index is 0.338. The zero-order valence-corrected chi connectivity index (χ0v) is 20.7. The van der Waals surface area contributed by atoms with Crippen molar-refractivity contribution < 1.29 is 19.3 Å². The number of aryl methyl sites for hydroxylation is 1. The maximum Gasteiger partial charge on any atom is 0.149 e. The molecular formula is C29H33N3O4. The predicted octanol–water partition coefficient (Wildman–Crippen LogP) is 4.09. The van der Waals surface area contributed by atoms with Gasteiger partial charge in [0.15, 0.2) is 0 Å². The minimum atomic E-state index is -0.716. The lowest BCUT2D eigenvalue weighted by molar-refractivity contribution is 0.0320. The number of nitrogens with zero attached hydrogens (tertiary/aromatic N) is 3. The summed E-state index contributed by atoms with van der Waals surface area (Å²) in [6.07, 6.45) is 3.49. The lowest BCUT2D eigenvalue weighted by atomic mass is 10.00. The van der Waals surface area contributed by atoms with Gasteiger partial charge in [0.25, 0.3) is 0 Å². The third-order valence-electron chi connectivity index (χ3n) is 6.38. The van der Waals surface area contributed by atoms with Gasteiger partial charge >= 0.3 is 0 Å². The van der Waals surface area contributed by atoms with Gasteiger partial charge in [0.05, 0.1) is 19.3 Å². The van der Waals surface area contributed by atoms with Gasteiger partial charge < -0.3 is 19.3 Å². The third-order valence-corrected chi connectivity index (χ3v) is 6.38. The number of morpholine rings is 1. The zero-order chi connectivity index (χ0) is 25.2. The topological polar surface area (TPSA) is 87.8 Å². The van der Waals surface area contributed by atoms with Crippen LogP contribution in [0.3, 0.4) is 0 Å². The molecule has 0 radical (unpaired) electrons. The highest BCUT2D eigenvalue weighted by Gasteiger charge is 2.23. The summed E-state index contributed by atoms with van der Waals surface area (Å²) in [7, 11) is 0. The number of nitriles is 1. The van der Waals surface area contributed by atoms with Crippen molar-refractivity contribution in [3.05, 3.63) is 78.1 Å². The van der Waals surface area contributed by atoms with Crippen molar-refractivity contribution in [1.82, 2.24) is 9.88 Å². The van der Waals surface area contributed by atoms with E-state index < -0.39 is 12.2 Å². The van der Waals surface area contributed by atoms with Crippen molar-refractivity contribution in [3.8, 4) is 28.7 Å². The van der Waals surface area contributed by atoms with Gasteiger partial charge in [0.1, 0.15) is 35.8 Å². The van der Waals surface area contributed by atoms with Gasteiger partial charge in [-0.3, -0.25) is 9.88 Å². The number of aromatic nitrogens is 1. The van der Waals surface area contributed by atoms with Crippen LogP contribution in [0.4, 0.5) is 0 Å². The Morgan fingerprint density at radius 1 is 1.11 bits per heavy atom. The first-order chi connectivity index (χ1) is 17.7. The van der Waals surface area contributed by atoms with E-state index in [9.17, 15) is 10.4 Å². The van der Waals surface area contributed by atoms with Gasteiger partial charge in [0.2, 0.25) is 0 Å². The van der Waals surface area contributed by atoms with Gasteiger partial charge in [-0.15, -0.1) is 0 Å². The van der Waals surface area contributed by atoms with Crippen molar-refractivity contribution in [2.75, 3.05) is 39.5 Å². The van der Waals surface area contributed by atoms with Crippen LogP contribution >= 0.6 is 0 Å². The number of aliphatic hydroxyl groups is 1. The van der Waals surface area contributed by atoms with E-state index >= 15 is 0 Å². The predicted molar refractivity (Wildman–Crippen MR) is 138 cm³/mol. The van der Waals surface area contributed by atoms with E-state index in [1.54, 1.807) is 12.4 Å². The van der Waals surface area contributed by atoms with E-state index in [1.165, 1.54) is 0 Å². The average molecular weight is 488 g/mol. The number of pyridine rings is 1. The van der Waals surface area contributed by atoms with Gasteiger partial charge in [-0.2, -0.15) is 5.26 Å². The van der Waals surface area contributed by atoms with Crippen LogP contribution in [0.25, 0.3) is 11.1 Å².